The van der Waals surface area contributed by atoms with Crippen molar-refractivity contribution in [1.82, 2.24) is 9.97 Å². The molecule has 0 aliphatic rings. The molecule has 0 fully saturated rings. The van der Waals surface area contributed by atoms with E-state index in [-0.39, 0.29) is 11.4 Å². The van der Waals surface area contributed by atoms with Crippen molar-refractivity contribution in [1.29, 1.82) is 0 Å². The predicted molar refractivity (Wildman–Crippen MR) is 69.1 cm³/mol. The first-order chi connectivity index (χ1) is 8.52. The Morgan fingerprint density at radius 3 is 2.67 bits per heavy atom. The molecule has 0 bridgehead atoms. The molecule has 0 radical (unpaired) electrons. The van der Waals surface area contributed by atoms with Crippen molar-refractivity contribution >= 4 is 0 Å². The fourth-order valence-corrected chi connectivity index (χ4v) is 1.82. The van der Waals surface area contributed by atoms with Crippen LogP contribution in [0.2, 0.25) is 0 Å². The summed E-state index contributed by atoms with van der Waals surface area (Å²) < 4.78 is 13.3. The average Bonchev–Trinajstić information content (AvgIpc) is 2.36. The summed E-state index contributed by atoms with van der Waals surface area (Å²) >= 11 is 0. The highest BCUT2D eigenvalue weighted by atomic mass is 19.1. The van der Waals surface area contributed by atoms with Crippen molar-refractivity contribution in [2.45, 2.75) is 27.2 Å². The maximum absolute atomic E-state index is 13.3. The van der Waals surface area contributed by atoms with Crippen LogP contribution in [0.1, 0.15) is 23.9 Å². The highest BCUT2D eigenvalue weighted by Gasteiger charge is 2.10. The third-order valence-corrected chi connectivity index (χ3v) is 2.97. The molecule has 2 aromatic rings. The van der Waals surface area contributed by atoms with E-state index in [4.69, 9.17) is 0 Å². The van der Waals surface area contributed by atoms with Crippen LogP contribution in [0.3, 0.4) is 0 Å². The van der Waals surface area contributed by atoms with Crippen LogP contribution >= 0.6 is 0 Å². The number of nitrogens with zero attached hydrogens (tertiary/aromatic N) is 1. The topological polar surface area (TPSA) is 45.8 Å². The molecule has 1 heterocycles. The minimum absolute atomic E-state index is 0.140. The van der Waals surface area contributed by atoms with E-state index in [2.05, 4.69) is 9.97 Å². The molecule has 18 heavy (non-hydrogen) atoms. The molecule has 0 unspecified atom stereocenters. The molecule has 0 saturated heterocycles. The zero-order chi connectivity index (χ0) is 13.3. The number of benzene rings is 1. The first-order valence-corrected chi connectivity index (χ1v) is 5.89. The SMILES string of the molecule is CCc1nc(-c2ccc(F)c(C)c2)c(C)c(=O)[nH]1. The molecule has 0 atom stereocenters. The van der Waals surface area contributed by atoms with Crippen LogP contribution in [-0.2, 0) is 6.42 Å². The Hall–Kier alpha value is -1.97. The van der Waals surface area contributed by atoms with Crippen LogP contribution < -0.4 is 5.56 Å². The van der Waals surface area contributed by atoms with Gasteiger partial charge in [-0.05, 0) is 37.6 Å². The zero-order valence-electron chi connectivity index (χ0n) is 10.7. The van der Waals surface area contributed by atoms with E-state index in [0.717, 1.165) is 5.56 Å². The summed E-state index contributed by atoms with van der Waals surface area (Å²) in [7, 11) is 0. The molecule has 1 aromatic carbocycles. The smallest absolute Gasteiger partial charge is 0.254 e. The summed E-state index contributed by atoms with van der Waals surface area (Å²) in [6.45, 7) is 5.34. The highest BCUT2D eigenvalue weighted by molar-refractivity contribution is 5.63. The number of hydrogen-bond acceptors (Lipinski definition) is 2. The Morgan fingerprint density at radius 2 is 2.06 bits per heavy atom. The number of rotatable bonds is 2. The van der Waals surface area contributed by atoms with Gasteiger partial charge in [0, 0.05) is 17.5 Å². The van der Waals surface area contributed by atoms with E-state index in [9.17, 15) is 9.18 Å². The van der Waals surface area contributed by atoms with E-state index in [1.54, 1.807) is 26.0 Å². The van der Waals surface area contributed by atoms with E-state index in [1.165, 1.54) is 6.07 Å². The van der Waals surface area contributed by atoms with Gasteiger partial charge in [-0.25, -0.2) is 9.37 Å². The van der Waals surface area contributed by atoms with Crippen LogP contribution in [0.15, 0.2) is 23.0 Å². The Balaban J connectivity index is 2.66. The molecular formula is C14H15FN2O. The van der Waals surface area contributed by atoms with E-state index < -0.39 is 0 Å². The van der Waals surface area contributed by atoms with Gasteiger partial charge in [0.15, 0.2) is 0 Å². The Bertz CT molecular complexity index is 647. The maximum Gasteiger partial charge on any atom is 0.254 e. The summed E-state index contributed by atoms with van der Waals surface area (Å²) in [6.07, 6.45) is 0.655. The largest absolute Gasteiger partial charge is 0.310 e. The van der Waals surface area contributed by atoms with Gasteiger partial charge in [0.1, 0.15) is 11.6 Å². The second-order valence-electron chi connectivity index (χ2n) is 4.30. The van der Waals surface area contributed by atoms with Crippen molar-refractivity contribution in [3.05, 3.63) is 51.3 Å². The van der Waals surface area contributed by atoms with Gasteiger partial charge in [0.05, 0.1) is 5.69 Å². The molecular weight excluding hydrogens is 231 g/mol. The number of aromatic nitrogens is 2. The normalized spacial score (nSPS) is 10.7. The van der Waals surface area contributed by atoms with Crippen LogP contribution in [0.4, 0.5) is 4.39 Å². The van der Waals surface area contributed by atoms with E-state index in [1.807, 2.05) is 6.92 Å². The van der Waals surface area contributed by atoms with Gasteiger partial charge in [0.25, 0.3) is 5.56 Å². The monoisotopic (exact) mass is 246 g/mol. The van der Waals surface area contributed by atoms with E-state index >= 15 is 0 Å². The quantitative estimate of drug-likeness (QED) is 0.885. The summed E-state index contributed by atoms with van der Waals surface area (Å²) in [6, 6.07) is 4.76. The molecule has 0 aliphatic carbocycles. The van der Waals surface area contributed by atoms with Crippen molar-refractivity contribution in [2.24, 2.45) is 0 Å². The molecule has 0 aliphatic heterocycles. The minimum atomic E-state index is -0.253. The molecule has 1 aromatic heterocycles. The number of H-pyrrole nitrogens is 1. The molecule has 2 rings (SSSR count). The fraction of sp³-hybridized carbons (Fsp3) is 0.286. The van der Waals surface area contributed by atoms with Gasteiger partial charge in [-0.2, -0.15) is 0 Å². The molecule has 0 amide bonds. The lowest BCUT2D eigenvalue weighted by molar-refractivity contribution is 0.618. The summed E-state index contributed by atoms with van der Waals surface area (Å²) in [4.78, 5) is 18.9. The molecule has 0 spiro atoms. The molecule has 1 N–H and O–H groups in total. The number of hydrogen-bond donors (Lipinski definition) is 1. The second kappa shape index (κ2) is 4.72. The predicted octanol–water partition coefficient (Wildman–Crippen LogP) is 2.76. The number of aryl methyl sites for hydroxylation is 2. The Morgan fingerprint density at radius 1 is 1.33 bits per heavy atom. The van der Waals surface area contributed by atoms with Crippen molar-refractivity contribution in [3.8, 4) is 11.3 Å². The highest BCUT2D eigenvalue weighted by Crippen LogP contribution is 2.21. The van der Waals surface area contributed by atoms with Gasteiger partial charge >= 0.3 is 0 Å². The van der Waals surface area contributed by atoms with Crippen molar-refractivity contribution in [2.75, 3.05) is 0 Å². The third kappa shape index (κ3) is 2.18. The van der Waals surface area contributed by atoms with Crippen LogP contribution in [0, 0.1) is 19.7 Å². The Labute approximate surface area is 105 Å². The molecule has 3 nitrogen and oxygen atoms in total. The third-order valence-electron chi connectivity index (χ3n) is 2.97. The minimum Gasteiger partial charge on any atom is -0.310 e. The lowest BCUT2D eigenvalue weighted by Crippen LogP contribution is -2.15. The van der Waals surface area contributed by atoms with Gasteiger partial charge in [0.2, 0.25) is 0 Å². The second-order valence-corrected chi connectivity index (χ2v) is 4.30. The van der Waals surface area contributed by atoms with Crippen molar-refractivity contribution in [3.63, 3.8) is 0 Å². The van der Waals surface area contributed by atoms with Gasteiger partial charge in [-0.3, -0.25) is 4.79 Å². The maximum atomic E-state index is 13.3. The van der Waals surface area contributed by atoms with Crippen molar-refractivity contribution < 1.29 is 4.39 Å². The van der Waals surface area contributed by atoms with Crippen LogP contribution in [-0.4, -0.2) is 9.97 Å². The lowest BCUT2D eigenvalue weighted by Gasteiger charge is -2.08. The van der Waals surface area contributed by atoms with Gasteiger partial charge < -0.3 is 4.98 Å². The van der Waals surface area contributed by atoms with E-state index in [0.29, 0.717) is 29.1 Å². The summed E-state index contributed by atoms with van der Waals surface area (Å²) in [5.74, 6) is 0.388. The molecule has 0 saturated carbocycles. The van der Waals surface area contributed by atoms with Crippen LogP contribution in [0.25, 0.3) is 11.3 Å². The summed E-state index contributed by atoms with van der Waals surface area (Å²) in [5, 5.41) is 0. The number of halogens is 1. The fourth-order valence-electron chi connectivity index (χ4n) is 1.82. The first-order valence-electron chi connectivity index (χ1n) is 5.89. The molecule has 4 heteroatoms. The average molecular weight is 246 g/mol. The van der Waals surface area contributed by atoms with Crippen LogP contribution in [0.5, 0.6) is 0 Å². The zero-order valence-corrected chi connectivity index (χ0v) is 10.7. The number of nitrogens with one attached hydrogen (secondary N) is 1. The lowest BCUT2D eigenvalue weighted by atomic mass is 10.0. The van der Waals surface area contributed by atoms with Gasteiger partial charge in [-0.15, -0.1) is 0 Å². The van der Waals surface area contributed by atoms with Gasteiger partial charge in [-0.1, -0.05) is 6.92 Å². The Kier molecular flexibility index (Phi) is 3.28. The summed E-state index contributed by atoms with van der Waals surface area (Å²) in [5.41, 5.74) is 2.36. The molecule has 94 valence electrons. The first kappa shape index (κ1) is 12.5. The standard InChI is InChI=1S/C14H15FN2O/c1-4-12-16-13(9(3)14(18)17-12)10-5-6-11(15)8(2)7-10/h5-7H,4H2,1-3H3,(H,16,17,18). The number of aromatic amines is 1.